The van der Waals surface area contributed by atoms with Gasteiger partial charge >= 0.3 is 0 Å². The molecule has 0 spiro atoms. The lowest BCUT2D eigenvalue weighted by atomic mass is 10.4. The fraction of sp³-hybridized carbons (Fsp3) is 0.176. The average molecular weight is 348 g/mol. The Labute approximate surface area is 136 Å². The second-order valence-corrected chi connectivity index (χ2v) is 9.78. The highest BCUT2D eigenvalue weighted by molar-refractivity contribution is 7.99. The molecule has 4 nitrogen and oxygen atoms in total. The van der Waals surface area contributed by atoms with Gasteiger partial charge in [-0.25, -0.2) is 16.8 Å². The highest BCUT2D eigenvalue weighted by Crippen LogP contribution is 2.54. The highest BCUT2D eigenvalue weighted by Gasteiger charge is 2.60. The zero-order valence-electron chi connectivity index (χ0n) is 12.3. The van der Waals surface area contributed by atoms with Gasteiger partial charge in [0.1, 0.15) is 4.75 Å². The van der Waals surface area contributed by atoms with E-state index in [2.05, 4.69) is 6.58 Å². The predicted molar refractivity (Wildman–Crippen MR) is 88.4 cm³/mol. The molecule has 2 aromatic carbocycles. The summed E-state index contributed by atoms with van der Waals surface area (Å²) in [7, 11) is -7.70. The van der Waals surface area contributed by atoms with E-state index in [9.17, 15) is 16.8 Å². The van der Waals surface area contributed by atoms with Crippen LogP contribution in [0.15, 0.2) is 81.9 Å². The van der Waals surface area contributed by atoms with E-state index in [1.807, 2.05) is 0 Å². The maximum atomic E-state index is 12.9. The summed E-state index contributed by atoms with van der Waals surface area (Å²) in [5.74, 6) is 0. The van der Waals surface area contributed by atoms with Gasteiger partial charge in [0.2, 0.25) is 9.84 Å². The molecule has 1 saturated carbocycles. The second kappa shape index (κ2) is 5.32. The van der Waals surface area contributed by atoms with E-state index in [1.165, 1.54) is 24.3 Å². The smallest absolute Gasteiger partial charge is 0.203 e. The summed E-state index contributed by atoms with van der Waals surface area (Å²) in [4.78, 5) is -0.0403. The molecule has 1 fully saturated rings. The van der Waals surface area contributed by atoms with Crippen molar-refractivity contribution < 1.29 is 16.8 Å². The van der Waals surface area contributed by atoms with E-state index in [0.717, 1.165) is 0 Å². The van der Waals surface area contributed by atoms with Crippen LogP contribution in [0.4, 0.5) is 0 Å². The Hall–Kier alpha value is -1.92. The quantitative estimate of drug-likeness (QED) is 0.833. The van der Waals surface area contributed by atoms with Crippen LogP contribution in [-0.2, 0) is 19.7 Å². The summed E-state index contributed by atoms with van der Waals surface area (Å²) < 4.78 is 49.9. The summed E-state index contributed by atoms with van der Waals surface area (Å²) >= 11 is 0. The molecule has 0 saturated heterocycles. The number of hydrogen-bond donors (Lipinski definition) is 0. The molecule has 0 heterocycles. The molecule has 0 amide bonds. The van der Waals surface area contributed by atoms with Crippen molar-refractivity contribution in [2.75, 3.05) is 0 Å². The molecular formula is C17H16O4S2. The van der Waals surface area contributed by atoms with Gasteiger partial charge < -0.3 is 0 Å². The molecule has 1 aliphatic carbocycles. The van der Waals surface area contributed by atoms with Gasteiger partial charge in [-0.3, -0.25) is 0 Å². The molecule has 0 bridgehead atoms. The Kier molecular flexibility index (Phi) is 3.69. The first-order valence-corrected chi connectivity index (χ1v) is 10.1. The molecule has 23 heavy (non-hydrogen) atoms. The summed E-state index contributed by atoms with van der Waals surface area (Å²) in [6, 6.07) is 15.7. The minimum absolute atomic E-state index is 0.0690. The van der Waals surface area contributed by atoms with E-state index in [1.54, 1.807) is 36.4 Å². The SMILES string of the molecule is C=C(C1(S(=O)(=O)c2ccccc2)CC1)S(=O)(=O)c1ccccc1. The van der Waals surface area contributed by atoms with Crippen molar-refractivity contribution in [2.24, 2.45) is 0 Å². The van der Waals surface area contributed by atoms with Gasteiger partial charge in [0.05, 0.1) is 14.7 Å². The van der Waals surface area contributed by atoms with Gasteiger partial charge in [-0.05, 0) is 37.1 Å². The van der Waals surface area contributed by atoms with Crippen LogP contribution >= 0.6 is 0 Å². The van der Waals surface area contributed by atoms with Crippen molar-refractivity contribution in [3.63, 3.8) is 0 Å². The Morgan fingerprint density at radius 2 is 1.22 bits per heavy atom. The van der Waals surface area contributed by atoms with Gasteiger partial charge in [-0.15, -0.1) is 0 Å². The number of hydrogen-bond acceptors (Lipinski definition) is 4. The van der Waals surface area contributed by atoms with Crippen molar-refractivity contribution in [1.29, 1.82) is 0 Å². The number of benzene rings is 2. The third-order valence-corrected chi connectivity index (χ3v) is 8.80. The van der Waals surface area contributed by atoms with Crippen LogP contribution in [0.2, 0.25) is 0 Å². The average Bonchev–Trinajstić information content (AvgIpc) is 3.38. The first-order valence-electron chi connectivity index (χ1n) is 7.12. The third-order valence-electron chi connectivity index (χ3n) is 4.16. The summed E-state index contributed by atoms with van der Waals surface area (Å²) in [5.41, 5.74) is 0. The van der Waals surface area contributed by atoms with Crippen LogP contribution in [0.25, 0.3) is 0 Å². The first-order chi connectivity index (χ1) is 10.8. The van der Waals surface area contributed by atoms with Crippen molar-refractivity contribution >= 4 is 19.7 Å². The van der Waals surface area contributed by atoms with Crippen molar-refractivity contribution in [3.05, 3.63) is 72.1 Å². The maximum absolute atomic E-state index is 12.9. The fourth-order valence-electron chi connectivity index (χ4n) is 2.62. The van der Waals surface area contributed by atoms with Crippen molar-refractivity contribution in [1.82, 2.24) is 0 Å². The van der Waals surface area contributed by atoms with Gasteiger partial charge in [0.25, 0.3) is 0 Å². The Morgan fingerprint density at radius 1 is 0.783 bits per heavy atom. The molecular weight excluding hydrogens is 332 g/mol. The number of rotatable bonds is 5. The minimum atomic E-state index is -3.90. The standard InChI is InChI=1S/C17H16O4S2/c1-14(22(18,19)15-8-4-2-5-9-15)17(12-13-17)23(20,21)16-10-6-3-7-11-16/h2-11H,1,12-13H2. The van der Waals surface area contributed by atoms with Crippen LogP contribution in [-0.4, -0.2) is 21.6 Å². The Balaban J connectivity index is 2.07. The lowest BCUT2D eigenvalue weighted by molar-refractivity contribution is 0.580. The van der Waals surface area contributed by atoms with Gasteiger partial charge in [0.15, 0.2) is 9.84 Å². The van der Waals surface area contributed by atoms with Gasteiger partial charge in [0, 0.05) is 0 Å². The van der Waals surface area contributed by atoms with Crippen molar-refractivity contribution in [2.45, 2.75) is 27.4 Å². The molecule has 0 atom stereocenters. The molecule has 0 N–H and O–H groups in total. The summed E-state index contributed by atoms with van der Waals surface area (Å²) in [5, 5.41) is 0. The van der Waals surface area contributed by atoms with E-state index in [-0.39, 0.29) is 27.5 Å². The number of sulfone groups is 2. The van der Waals surface area contributed by atoms with Crippen molar-refractivity contribution in [3.8, 4) is 0 Å². The van der Waals surface area contributed by atoms with Crippen LogP contribution in [0.1, 0.15) is 12.8 Å². The Morgan fingerprint density at radius 3 is 1.65 bits per heavy atom. The fourth-order valence-corrected chi connectivity index (χ4v) is 6.68. The highest BCUT2D eigenvalue weighted by atomic mass is 32.2. The normalized spacial score (nSPS) is 16.7. The molecule has 120 valence electrons. The monoisotopic (exact) mass is 348 g/mol. The predicted octanol–water partition coefficient (Wildman–Crippen LogP) is 2.98. The molecule has 0 radical (unpaired) electrons. The van der Waals surface area contributed by atoms with E-state index in [0.29, 0.717) is 0 Å². The minimum Gasteiger partial charge on any atom is -0.223 e. The Bertz CT molecular complexity index is 940. The first kappa shape index (κ1) is 16.0. The lowest BCUT2D eigenvalue weighted by Crippen LogP contribution is -2.29. The lowest BCUT2D eigenvalue weighted by Gasteiger charge is -2.19. The maximum Gasteiger partial charge on any atom is 0.203 e. The van der Waals surface area contributed by atoms with Gasteiger partial charge in [-0.2, -0.15) is 0 Å². The zero-order valence-corrected chi connectivity index (χ0v) is 14.0. The third kappa shape index (κ3) is 2.42. The molecule has 2 aromatic rings. The molecule has 6 heteroatoms. The van der Waals surface area contributed by atoms with Gasteiger partial charge in [-0.1, -0.05) is 43.0 Å². The largest absolute Gasteiger partial charge is 0.223 e. The molecule has 1 aliphatic rings. The summed E-state index contributed by atoms with van der Waals surface area (Å²) in [6.07, 6.45) is 0.546. The van der Waals surface area contributed by atoms with E-state index >= 15 is 0 Å². The molecule has 0 unspecified atom stereocenters. The van der Waals surface area contributed by atoms with E-state index in [4.69, 9.17) is 0 Å². The topological polar surface area (TPSA) is 68.3 Å². The van der Waals surface area contributed by atoms with Crippen LogP contribution in [0, 0.1) is 0 Å². The van der Waals surface area contributed by atoms with Crippen LogP contribution in [0.3, 0.4) is 0 Å². The zero-order chi connectivity index (χ0) is 16.7. The molecule has 0 aromatic heterocycles. The second-order valence-electron chi connectivity index (χ2n) is 5.55. The van der Waals surface area contributed by atoms with Crippen LogP contribution < -0.4 is 0 Å². The molecule has 0 aliphatic heterocycles. The summed E-state index contributed by atoms with van der Waals surface area (Å²) in [6.45, 7) is 3.66. The molecule has 3 rings (SSSR count). The van der Waals surface area contributed by atoms with E-state index < -0.39 is 24.4 Å². The van der Waals surface area contributed by atoms with Crippen LogP contribution in [0.5, 0.6) is 0 Å².